The summed E-state index contributed by atoms with van der Waals surface area (Å²) < 4.78 is 2.11. The van der Waals surface area contributed by atoms with E-state index >= 15 is 0 Å². The van der Waals surface area contributed by atoms with Gasteiger partial charge in [0.25, 0.3) is 0 Å². The summed E-state index contributed by atoms with van der Waals surface area (Å²) in [4.78, 5) is 36.3. The molecule has 5 rings (SSSR count). The van der Waals surface area contributed by atoms with Crippen LogP contribution in [0.4, 0.5) is 0 Å². The number of carboxylic acids is 2. The number of rotatable bonds is 8. The van der Waals surface area contributed by atoms with Crippen LogP contribution in [0.5, 0.6) is 0 Å². The molecular formula is C35H34N4O4Zn. The topological polar surface area (TPSA) is 127 Å². The summed E-state index contributed by atoms with van der Waals surface area (Å²) in [5.41, 5.74) is 13.6. The average molecular weight is 640 g/mol. The van der Waals surface area contributed by atoms with E-state index in [9.17, 15) is 19.8 Å². The summed E-state index contributed by atoms with van der Waals surface area (Å²) in [6.07, 6.45) is 3.84. The van der Waals surface area contributed by atoms with Crippen LogP contribution in [0.25, 0.3) is 56.5 Å². The van der Waals surface area contributed by atoms with Gasteiger partial charge in [0.2, 0.25) is 0 Å². The fourth-order valence-corrected chi connectivity index (χ4v) is 6.10. The van der Waals surface area contributed by atoms with Crippen molar-refractivity contribution in [3.8, 4) is 0 Å². The number of fused-ring (bicyclic) bond motifs is 8. The van der Waals surface area contributed by atoms with Crippen LogP contribution in [0.1, 0.15) is 84.6 Å². The normalized spacial score (nSPS) is 12.8. The molecule has 9 heteroatoms. The second kappa shape index (κ2) is 12.7. The second-order valence-electron chi connectivity index (χ2n) is 11.1. The molecule has 0 saturated carbocycles. The molecule has 0 fully saturated rings. The first-order chi connectivity index (χ1) is 20.4. The zero-order valence-electron chi connectivity index (χ0n) is 25.9. The van der Waals surface area contributed by atoms with Crippen LogP contribution in [0, 0.1) is 13.8 Å². The van der Waals surface area contributed by atoms with Gasteiger partial charge in [-0.15, -0.1) is 0 Å². The van der Waals surface area contributed by atoms with Crippen LogP contribution in [0.3, 0.4) is 0 Å². The summed E-state index contributed by atoms with van der Waals surface area (Å²) in [6.45, 7) is 16.1. The molecule has 0 radical (unpaired) electrons. The predicted octanol–water partition coefficient (Wildman–Crippen LogP) is 5.15. The van der Waals surface area contributed by atoms with Gasteiger partial charge in [0.15, 0.2) is 0 Å². The molecule has 3 aromatic rings. The fraction of sp³-hybridized carbons (Fsp3) is 0.257. The smallest absolute Gasteiger partial charge is 0.550 e. The number of aromatic amines is 1. The Bertz CT molecular complexity index is 1970. The Morgan fingerprint density at radius 2 is 1.27 bits per heavy atom. The van der Waals surface area contributed by atoms with Gasteiger partial charge in [-0.1, -0.05) is 25.3 Å². The van der Waals surface area contributed by atoms with Gasteiger partial charge in [0.1, 0.15) is 0 Å². The van der Waals surface area contributed by atoms with Crippen molar-refractivity contribution in [2.24, 2.45) is 7.05 Å². The monoisotopic (exact) mass is 638 g/mol. The summed E-state index contributed by atoms with van der Waals surface area (Å²) in [7, 11) is 2.00. The van der Waals surface area contributed by atoms with E-state index in [1.165, 1.54) is 0 Å². The minimum Gasteiger partial charge on any atom is -0.550 e. The second-order valence-corrected chi connectivity index (χ2v) is 11.1. The Morgan fingerprint density at radius 1 is 0.750 bits per heavy atom. The number of H-pyrrole nitrogens is 1. The maximum atomic E-state index is 11.4. The van der Waals surface area contributed by atoms with E-state index in [1.807, 2.05) is 65.1 Å². The van der Waals surface area contributed by atoms with Crippen LogP contribution in [-0.2, 0) is 36.1 Å². The number of carbonyl (C=O) groups excluding carboxylic acids is 2. The number of allylic oxidation sites excluding steroid dienone is 4. The predicted molar refractivity (Wildman–Crippen MR) is 169 cm³/mol. The zero-order valence-corrected chi connectivity index (χ0v) is 28.9. The van der Waals surface area contributed by atoms with Crippen LogP contribution in [0.15, 0.2) is 37.4 Å². The van der Waals surface area contributed by atoms with Gasteiger partial charge in [-0.2, -0.15) is 0 Å². The number of nitrogens with one attached hydrogen (secondary N) is 1. The third-order valence-corrected chi connectivity index (χ3v) is 8.60. The van der Waals surface area contributed by atoms with Gasteiger partial charge in [-0.25, -0.2) is 9.97 Å². The van der Waals surface area contributed by atoms with Crippen molar-refractivity contribution < 1.29 is 39.3 Å². The van der Waals surface area contributed by atoms with Crippen molar-refractivity contribution in [2.75, 3.05) is 0 Å². The number of hydrogen-bond acceptors (Lipinski definition) is 6. The zero-order chi connectivity index (χ0) is 31.2. The van der Waals surface area contributed by atoms with Crippen LogP contribution < -0.4 is 10.2 Å². The molecule has 0 saturated heterocycles. The molecule has 0 atom stereocenters. The molecule has 0 aliphatic carbocycles. The molecule has 0 aromatic carbocycles. The van der Waals surface area contributed by atoms with Crippen molar-refractivity contribution in [1.82, 2.24) is 19.5 Å². The van der Waals surface area contributed by atoms with Crippen molar-refractivity contribution in [1.29, 1.82) is 0 Å². The van der Waals surface area contributed by atoms with Gasteiger partial charge in [-0.3, -0.25) is 0 Å². The maximum Gasteiger partial charge on any atom is 2.00 e. The maximum absolute atomic E-state index is 11.4. The SMILES string of the molecule is C=Cc1c(C)c2cc3c(C=C)c(C)c(cc4nc(cc5nc(cc1[nH]2)C(C)=C5CCC(=O)[O-])C(CCC(=O)[O-])=C4C)n3C.[Zn+2]. The van der Waals surface area contributed by atoms with Gasteiger partial charge < -0.3 is 29.4 Å². The van der Waals surface area contributed by atoms with Crippen LogP contribution >= 0.6 is 0 Å². The number of carbonyl (C=O) groups is 2. The summed E-state index contributed by atoms with van der Waals surface area (Å²) in [6, 6.07) is 7.91. The summed E-state index contributed by atoms with van der Waals surface area (Å²) in [5.74, 6) is -2.29. The van der Waals surface area contributed by atoms with E-state index in [1.54, 1.807) is 0 Å². The van der Waals surface area contributed by atoms with E-state index in [0.29, 0.717) is 17.1 Å². The fourth-order valence-electron chi connectivity index (χ4n) is 6.10. The quantitative estimate of drug-likeness (QED) is 0.340. The molecule has 2 aliphatic heterocycles. The Kier molecular flexibility index (Phi) is 9.40. The third-order valence-electron chi connectivity index (χ3n) is 8.60. The van der Waals surface area contributed by atoms with Crippen molar-refractivity contribution in [3.63, 3.8) is 0 Å². The van der Waals surface area contributed by atoms with Gasteiger partial charge in [-0.05, 0) is 111 Å². The van der Waals surface area contributed by atoms with Crippen LogP contribution in [-0.4, -0.2) is 31.5 Å². The number of aryl methyl sites for hydroxylation is 3. The average Bonchev–Trinajstić information content (AvgIpc) is 3.59. The van der Waals surface area contributed by atoms with Gasteiger partial charge in [0.05, 0.1) is 28.3 Å². The first kappa shape index (κ1) is 32.6. The molecule has 1 N–H and O–H groups in total. The number of hydrogen-bond donors (Lipinski definition) is 1. The molecule has 8 nitrogen and oxygen atoms in total. The minimum absolute atomic E-state index is 0. The van der Waals surface area contributed by atoms with Crippen molar-refractivity contribution in [2.45, 2.75) is 53.4 Å². The number of carboxylic acid groups (broad SMARTS) is 2. The molecule has 44 heavy (non-hydrogen) atoms. The molecule has 8 bridgehead atoms. The molecular weight excluding hydrogens is 606 g/mol. The Morgan fingerprint density at radius 3 is 1.77 bits per heavy atom. The molecule has 220 valence electrons. The standard InChI is InChI=1S/C35H36N4O4.Zn/c1-8-22-18(3)28-17-33-23(9-2)21(6)32(39(33)7)16-27-20(5)25(11-13-35(42)43)31(38-27)15-30-24(10-12-34(40)41)19(4)26(36-30)14-29(22)37-28;/h8-9,14-17,37H,1-2,10-13H2,3-7H3,(H,40,41)(H,42,43);/q;+2/p-2. The van der Waals surface area contributed by atoms with E-state index in [2.05, 4.69) is 28.8 Å². The first-order valence-electron chi connectivity index (χ1n) is 14.2. The molecule has 5 heterocycles. The molecule has 2 aliphatic rings. The van der Waals surface area contributed by atoms with Gasteiger partial charge >= 0.3 is 19.5 Å². The van der Waals surface area contributed by atoms with E-state index in [-0.39, 0.29) is 45.2 Å². The Labute approximate surface area is 269 Å². The van der Waals surface area contributed by atoms with E-state index < -0.39 is 11.9 Å². The Hall–Kier alpha value is -4.36. The number of nitrogens with zero attached hydrogens (tertiary/aromatic N) is 3. The first-order valence-corrected chi connectivity index (χ1v) is 14.2. The van der Waals surface area contributed by atoms with Crippen LogP contribution in [0.2, 0.25) is 0 Å². The third kappa shape index (κ3) is 5.76. The molecule has 0 spiro atoms. The van der Waals surface area contributed by atoms with Gasteiger partial charge in [0, 0.05) is 46.7 Å². The van der Waals surface area contributed by atoms with E-state index in [4.69, 9.17) is 9.97 Å². The number of aromatic nitrogens is 4. The summed E-state index contributed by atoms with van der Waals surface area (Å²) >= 11 is 0. The molecule has 0 amide bonds. The van der Waals surface area contributed by atoms with E-state index in [0.717, 1.165) is 72.3 Å². The minimum atomic E-state index is -1.14. The Balaban J connectivity index is 0.00000442. The summed E-state index contributed by atoms with van der Waals surface area (Å²) in [5, 5.41) is 22.9. The molecule has 0 unspecified atom stereocenters. The molecule has 3 aromatic heterocycles. The van der Waals surface area contributed by atoms with Crippen molar-refractivity contribution in [3.05, 3.63) is 82.5 Å². The largest absolute Gasteiger partial charge is 2.00 e. The van der Waals surface area contributed by atoms with Crippen molar-refractivity contribution >= 4 is 68.4 Å². The number of aliphatic carboxylic acids is 2.